The fourth-order valence-electron chi connectivity index (χ4n) is 3.36. The minimum atomic E-state index is -1.99. The Kier molecular flexibility index (Phi) is 5.35. The summed E-state index contributed by atoms with van der Waals surface area (Å²) in [5, 5.41) is 3.76. The van der Waals surface area contributed by atoms with Gasteiger partial charge in [0.25, 0.3) is 0 Å². The van der Waals surface area contributed by atoms with Crippen LogP contribution in [0.3, 0.4) is 0 Å². The van der Waals surface area contributed by atoms with Gasteiger partial charge in [-0.1, -0.05) is 53.1 Å². The molecule has 3 aromatic rings. The van der Waals surface area contributed by atoms with Crippen LogP contribution in [0.15, 0.2) is 72.8 Å². The Hall–Kier alpha value is -1.98. The average Bonchev–Trinajstić information content (AvgIpc) is 2.62. The molecule has 0 aliphatic heterocycles. The minimum absolute atomic E-state index is 0.316. The summed E-state index contributed by atoms with van der Waals surface area (Å²) in [4.78, 5) is 0. The molecule has 0 amide bonds. The summed E-state index contributed by atoms with van der Waals surface area (Å²) in [5.41, 5.74) is 3.69. The number of aryl methyl sites for hydroxylation is 3. The average molecular weight is 350 g/mol. The molecule has 0 saturated carbocycles. The van der Waals surface area contributed by atoms with Crippen LogP contribution in [0.25, 0.3) is 0 Å². The molecule has 3 rings (SSSR count). The van der Waals surface area contributed by atoms with Crippen LogP contribution in [-0.2, 0) is 0 Å². The quantitative estimate of drug-likeness (QED) is 0.576. The van der Waals surface area contributed by atoms with E-state index in [0.717, 1.165) is 0 Å². The molecule has 0 aromatic heterocycles. The molecule has 0 spiro atoms. The molecule has 25 heavy (non-hydrogen) atoms. The van der Waals surface area contributed by atoms with Crippen molar-refractivity contribution < 1.29 is 4.39 Å². The smallest absolute Gasteiger partial charge is 0.124 e. The van der Waals surface area contributed by atoms with E-state index < -0.39 is 7.26 Å². The predicted molar refractivity (Wildman–Crippen MR) is 110 cm³/mol. The maximum atomic E-state index is 13.8. The maximum absolute atomic E-state index is 13.8. The standard InChI is InChI=1S/C23H25FP/c1-18-4-10-21(11-5-18)25(17-16-24,22-12-6-19(2)7-13-22)23-14-8-20(3)9-15-23/h4-15H,16-17H2,1-3H3/q+1/i24-1. The molecule has 0 fully saturated rings. The molecule has 0 saturated heterocycles. The van der Waals surface area contributed by atoms with Crippen LogP contribution in [0, 0.1) is 20.8 Å². The molecule has 0 bridgehead atoms. The van der Waals surface area contributed by atoms with Crippen LogP contribution >= 0.6 is 7.26 Å². The zero-order valence-electron chi connectivity index (χ0n) is 15.2. The van der Waals surface area contributed by atoms with Crippen LogP contribution in [-0.4, -0.2) is 12.8 Å². The van der Waals surface area contributed by atoms with Crippen molar-refractivity contribution in [3.8, 4) is 0 Å². The lowest BCUT2D eigenvalue weighted by molar-refractivity contribution is 0.531. The Morgan fingerprint density at radius 1 is 0.560 bits per heavy atom. The molecule has 0 unspecified atom stereocenters. The van der Waals surface area contributed by atoms with Gasteiger partial charge in [0.05, 0.1) is 0 Å². The van der Waals surface area contributed by atoms with Gasteiger partial charge >= 0.3 is 0 Å². The van der Waals surface area contributed by atoms with Crippen molar-refractivity contribution in [3.63, 3.8) is 0 Å². The summed E-state index contributed by atoms with van der Waals surface area (Å²) in [6.07, 6.45) is 0.544. The predicted octanol–water partition coefficient (Wildman–Crippen LogP) is 4.88. The van der Waals surface area contributed by atoms with E-state index in [-0.39, 0.29) is 6.67 Å². The lowest BCUT2D eigenvalue weighted by Gasteiger charge is -2.27. The molecule has 0 N–H and O–H groups in total. The fourth-order valence-corrected chi connectivity index (χ4v) is 7.26. The van der Waals surface area contributed by atoms with Gasteiger partial charge in [0, 0.05) is 0 Å². The Labute approximate surface area is 151 Å². The molecule has 3 aromatic carbocycles. The van der Waals surface area contributed by atoms with E-state index in [4.69, 9.17) is 0 Å². The first-order valence-electron chi connectivity index (χ1n) is 8.72. The number of rotatable bonds is 5. The monoisotopic (exact) mass is 350 g/mol. The van der Waals surface area contributed by atoms with Gasteiger partial charge in [0.15, 0.2) is 0 Å². The lowest BCUT2D eigenvalue weighted by atomic mass is 10.2. The second-order valence-electron chi connectivity index (χ2n) is 6.73. The maximum Gasteiger partial charge on any atom is 0.124 e. The summed E-state index contributed by atoms with van der Waals surface area (Å²) in [6.45, 7) is 5.97. The highest BCUT2D eigenvalue weighted by atomic mass is 31.2. The molecule has 0 radical (unpaired) electrons. The molecule has 0 nitrogen and oxygen atoms in total. The van der Waals surface area contributed by atoms with Crippen LogP contribution in [0.1, 0.15) is 16.7 Å². The SMILES string of the molecule is Cc1ccc([P+](CC[18F])(c2ccc(C)cc2)c2ccc(C)cc2)cc1. The van der Waals surface area contributed by atoms with Crippen molar-refractivity contribution in [3.05, 3.63) is 89.5 Å². The molecule has 0 atom stereocenters. The normalized spacial score (nSPS) is 11.5. The van der Waals surface area contributed by atoms with Gasteiger partial charge < -0.3 is 0 Å². The summed E-state index contributed by atoms with van der Waals surface area (Å²) in [6, 6.07) is 26.0. The van der Waals surface area contributed by atoms with E-state index in [1.807, 2.05) is 0 Å². The summed E-state index contributed by atoms with van der Waals surface area (Å²) >= 11 is 0. The van der Waals surface area contributed by atoms with E-state index in [1.54, 1.807) is 0 Å². The van der Waals surface area contributed by atoms with Gasteiger partial charge in [-0.15, -0.1) is 0 Å². The van der Waals surface area contributed by atoms with Crippen LogP contribution in [0.4, 0.5) is 4.39 Å². The molecule has 0 heterocycles. The van der Waals surface area contributed by atoms with Crippen LogP contribution in [0.5, 0.6) is 0 Å². The number of alkyl halides is 1. The first kappa shape index (κ1) is 17.8. The third-order valence-corrected chi connectivity index (χ3v) is 9.22. The molecule has 0 aliphatic rings. The minimum Gasteiger partial charge on any atom is -0.247 e. The zero-order chi connectivity index (χ0) is 17.9. The second kappa shape index (κ2) is 7.50. The molecule has 128 valence electrons. The largest absolute Gasteiger partial charge is 0.247 e. The highest BCUT2D eigenvalue weighted by Crippen LogP contribution is 2.55. The van der Waals surface area contributed by atoms with Crippen molar-refractivity contribution >= 4 is 23.2 Å². The van der Waals surface area contributed by atoms with Crippen molar-refractivity contribution in [2.45, 2.75) is 20.8 Å². The Morgan fingerprint density at radius 3 is 1.08 bits per heavy atom. The molecule has 0 aliphatic carbocycles. The van der Waals surface area contributed by atoms with E-state index in [9.17, 15) is 4.39 Å². The van der Waals surface area contributed by atoms with E-state index in [1.165, 1.54) is 32.6 Å². The molecular weight excluding hydrogens is 325 g/mol. The lowest BCUT2D eigenvalue weighted by Crippen LogP contribution is -2.34. The van der Waals surface area contributed by atoms with E-state index in [2.05, 4.69) is 93.6 Å². The van der Waals surface area contributed by atoms with Crippen molar-refractivity contribution in [2.75, 3.05) is 12.8 Å². The summed E-state index contributed by atoms with van der Waals surface area (Å²) in [7, 11) is -1.99. The van der Waals surface area contributed by atoms with Crippen molar-refractivity contribution in [2.24, 2.45) is 0 Å². The number of halogens is 1. The van der Waals surface area contributed by atoms with Crippen molar-refractivity contribution in [1.82, 2.24) is 0 Å². The highest BCUT2D eigenvalue weighted by Gasteiger charge is 2.44. The third kappa shape index (κ3) is 3.53. The summed E-state index contributed by atoms with van der Waals surface area (Å²) in [5.74, 6) is 0. The first-order chi connectivity index (χ1) is 12.1. The van der Waals surface area contributed by atoms with Crippen LogP contribution in [0.2, 0.25) is 0 Å². The topological polar surface area (TPSA) is 0 Å². The van der Waals surface area contributed by atoms with E-state index in [0.29, 0.717) is 6.16 Å². The Balaban J connectivity index is 2.28. The Bertz CT molecular complexity index is 707. The zero-order valence-corrected chi connectivity index (χ0v) is 16.1. The number of benzene rings is 3. The Morgan fingerprint density at radius 2 is 0.840 bits per heavy atom. The van der Waals surface area contributed by atoms with Gasteiger partial charge in [0.2, 0.25) is 0 Å². The molecular formula is C23H25FP+. The van der Waals surface area contributed by atoms with Gasteiger partial charge in [0.1, 0.15) is 36.0 Å². The summed E-state index contributed by atoms with van der Waals surface area (Å²) < 4.78 is 13.8. The van der Waals surface area contributed by atoms with Gasteiger partial charge in [-0.3, -0.25) is 0 Å². The number of hydrogen-bond acceptors (Lipinski definition) is 0. The van der Waals surface area contributed by atoms with Crippen molar-refractivity contribution in [1.29, 1.82) is 0 Å². The van der Waals surface area contributed by atoms with Gasteiger partial charge in [-0.25, -0.2) is 4.39 Å². The molecule has 2 heteroatoms. The van der Waals surface area contributed by atoms with Gasteiger partial charge in [-0.05, 0) is 57.2 Å². The van der Waals surface area contributed by atoms with Gasteiger partial charge in [-0.2, -0.15) is 0 Å². The third-order valence-electron chi connectivity index (χ3n) is 4.84. The van der Waals surface area contributed by atoms with E-state index >= 15 is 0 Å². The fraction of sp³-hybridized carbons (Fsp3) is 0.217. The number of hydrogen-bond donors (Lipinski definition) is 0. The second-order valence-corrected chi connectivity index (χ2v) is 10.3. The highest BCUT2D eigenvalue weighted by molar-refractivity contribution is 7.95. The van der Waals surface area contributed by atoms with Crippen LogP contribution < -0.4 is 15.9 Å². The first-order valence-corrected chi connectivity index (χ1v) is 10.7.